The van der Waals surface area contributed by atoms with Gasteiger partial charge in [-0.05, 0) is 24.3 Å². The summed E-state index contributed by atoms with van der Waals surface area (Å²) in [5.74, 6) is -5.81. The van der Waals surface area contributed by atoms with Gasteiger partial charge >= 0.3 is 0 Å². The fourth-order valence-electron chi connectivity index (χ4n) is 1.34. The van der Waals surface area contributed by atoms with Gasteiger partial charge in [-0.1, -0.05) is 0 Å². The fraction of sp³-hybridized carbons (Fsp3) is 0. The molecule has 0 aliphatic carbocycles. The van der Waals surface area contributed by atoms with Gasteiger partial charge in [0.1, 0.15) is 0 Å². The highest BCUT2D eigenvalue weighted by atomic mass is 19.2. The first kappa shape index (κ1) is 12.9. The lowest BCUT2D eigenvalue weighted by atomic mass is 10.2. The first-order valence-electron chi connectivity index (χ1n) is 5.03. The molecule has 2 aromatic rings. The standard InChI is InChI=1S/C12H6F3NO3/c13-7-2-3-8(11(15)10(7)14)16-12(18)9-4-1-6(5-17)19-9/h1-5H,(H,16,18). The number of halogens is 3. The van der Waals surface area contributed by atoms with E-state index in [0.29, 0.717) is 12.4 Å². The molecule has 19 heavy (non-hydrogen) atoms. The van der Waals surface area contributed by atoms with Gasteiger partial charge in [-0.25, -0.2) is 13.2 Å². The van der Waals surface area contributed by atoms with Gasteiger partial charge < -0.3 is 9.73 Å². The maximum Gasteiger partial charge on any atom is 0.291 e. The van der Waals surface area contributed by atoms with Crippen molar-refractivity contribution in [2.75, 3.05) is 5.32 Å². The van der Waals surface area contributed by atoms with Crippen molar-refractivity contribution in [3.05, 3.63) is 53.2 Å². The lowest BCUT2D eigenvalue weighted by Gasteiger charge is -2.05. The van der Waals surface area contributed by atoms with E-state index in [2.05, 4.69) is 0 Å². The summed E-state index contributed by atoms with van der Waals surface area (Å²) in [6.45, 7) is 0. The Morgan fingerprint density at radius 2 is 1.84 bits per heavy atom. The zero-order chi connectivity index (χ0) is 14.0. The monoisotopic (exact) mass is 269 g/mol. The highest BCUT2D eigenvalue weighted by molar-refractivity contribution is 6.02. The lowest BCUT2D eigenvalue weighted by molar-refractivity contribution is 0.0992. The van der Waals surface area contributed by atoms with Crippen LogP contribution in [0.25, 0.3) is 0 Å². The predicted molar refractivity (Wildman–Crippen MR) is 58.4 cm³/mol. The van der Waals surface area contributed by atoms with E-state index in [1.165, 1.54) is 12.1 Å². The second kappa shape index (κ2) is 4.97. The van der Waals surface area contributed by atoms with E-state index in [1.54, 1.807) is 0 Å². The molecule has 0 spiro atoms. The highest BCUT2D eigenvalue weighted by Gasteiger charge is 2.17. The van der Waals surface area contributed by atoms with Crippen LogP contribution in [0.4, 0.5) is 18.9 Å². The third kappa shape index (κ3) is 2.49. The Bertz CT molecular complexity index is 652. The number of anilines is 1. The molecule has 7 heteroatoms. The Hall–Kier alpha value is -2.57. The molecule has 1 aromatic heterocycles. The minimum Gasteiger partial charge on any atom is -0.448 e. The fourth-order valence-corrected chi connectivity index (χ4v) is 1.34. The number of rotatable bonds is 3. The van der Waals surface area contributed by atoms with Crippen molar-refractivity contribution in [2.24, 2.45) is 0 Å². The smallest absolute Gasteiger partial charge is 0.291 e. The Kier molecular flexibility index (Phi) is 3.37. The molecular weight excluding hydrogens is 263 g/mol. The molecule has 1 aromatic carbocycles. The lowest BCUT2D eigenvalue weighted by Crippen LogP contribution is -2.13. The molecule has 0 atom stereocenters. The van der Waals surface area contributed by atoms with Crippen LogP contribution < -0.4 is 5.32 Å². The molecule has 0 fully saturated rings. The summed E-state index contributed by atoms with van der Waals surface area (Å²) >= 11 is 0. The molecule has 0 bridgehead atoms. The Balaban J connectivity index is 2.24. The number of carbonyl (C=O) groups is 2. The SMILES string of the molecule is O=Cc1ccc(C(=O)Nc2ccc(F)c(F)c2F)o1. The molecule has 1 N–H and O–H groups in total. The van der Waals surface area contributed by atoms with E-state index >= 15 is 0 Å². The number of benzene rings is 1. The zero-order valence-electron chi connectivity index (χ0n) is 9.25. The molecule has 0 unspecified atom stereocenters. The molecule has 0 aliphatic heterocycles. The van der Waals surface area contributed by atoms with Gasteiger partial charge in [-0.15, -0.1) is 0 Å². The van der Waals surface area contributed by atoms with E-state index in [0.717, 1.165) is 6.07 Å². The van der Waals surface area contributed by atoms with Crippen LogP contribution in [0.2, 0.25) is 0 Å². The van der Waals surface area contributed by atoms with Gasteiger partial charge in [0.15, 0.2) is 35.3 Å². The third-order valence-corrected chi connectivity index (χ3v) is 2.25. The van der Waals surface area contributed by atoms with Crippen molar-refractivity contribution >= 4 is 17.9 Å². The Morgan fingerprint density at radius 1 is 1.11 bits per heavy atom. The summed E-state index contributed by atoms with van der Waals surface area (Å²) in [6, 6.07) is 3.97. The van der Waals surface area contributed by atoms with Gasteiger partial charge in [-0.3, -0.25) is 9.59 Å². The number of hydrogen-bond donors (Lipinski definition) is 1. The van der Waals surface area contributed by atoms with Crippen LogP contribution >= 0.6 is 0 Å². The van der Waals surface area contributed by atoms with Gasteiger partial charge in [0, 0.05) is 0 Å². The third-order valence-electron chi connectivity index (χ3n) is 2.25. The van der Waals surface area contributed by atoms with Crippen molar-refractivity contribution in [1.82, 2.24) is 0 Å². The van der Waals surface area contributed by atoms with E-state index in [-0.39, 0.29) is 11.5 Å². The predicted octanol–water partition coefficient (Wildman–Crippen LogP) is 2.76. The molecule has 2 rings (SSSR count). The van der Waals surface area contributed by atoms with Crippen LogP contribution in [0.5, 0.6) is 0 Å². The number of hydrogen-bond acceptors (Lipinski definition) is 3. The quantitative estimate of drug-likeness (QED) is 0.688. The van der Waals surface area contributed by atoms with Gasteiger partial charge in [0.2, 0.25) is 0 Å². The van der Waals surface area contributed by atoms with Gasteiger partial charge in [0.25, 0.3) is 5.91 Å². The Morgan fingerprint density at radius 3 is 2.47 bits per heavy atom. The van der Waals surface area contributed by atoms with Crippen LogP contribution in [0.1, 0.15) is 21.1 Å². The largest absolute Gasteiger partial charge is 0.448 e. The van der Waals surface area contributed by atoms with Crippen molar-refractivity contribution in [1.29, 1.82) is 0 Å². The first-order valence-corrected chi connectivity index (χ1v) is 5.03. The van der Waals surface area contributed by atoms with E-state index in [9.17, 15) is 22.8 Å². The molecule has 4 nitrogen and oxygen atoms in total. The van der Waals surface area contributed by atoms with Crippen molar-refractivity contribution in [2.45, 2.75) is 0 Å². The average Bonchev–Trinajstić information content (AvgIpc) is 2.88. The summed E-state index contributed by atoms with van der Waals surface area (Å²) in [6.07, 6.45) is 0.384. The van der Waals surface area contributed by atoms with Crippen LogP contribution in [-0.2, 0) is 0 Å². The molecule has 98 valence electrons. The van der Waals surface area contributed by atoms with Crippen LogP contribution in [0.15, 0.2) is 28.7 Å². The number of furan rings is 1. The van der Waals surface area contributed by atoms with Crippen LogP contribution in [-0.4, -0.2) is 12.2 Å². The minimum absolute atomic E-state index is 0.0871. The van der Waals surface area contributed by atoms with E-state index < -0.39 is 29.0 Å². The second-order valence-corrected chi connectivity index (χ2v) is 3.50. The second-order valence-electron chi connectivity index (χ2n) is 3.50. The number of amides is 1. The summed E-state index contributed by atoms with van der Waals surface area (Å²) in [4.78, 5) is 21.9. The van der Waals surface area contributed by atoms with Crippen LogP contribution in [0.3, 0.4) is 0 Å². The van der Waals surface area contributed by atoms with Crippen LogP contribution in [0, 0.1) is 17.5 Å². The molecule has 1 heterocycles. The molecule has 0 aliphatic rings. The number of carbonyl (C=O) groups excluding carboxylic acids is 2. The molecular formula is C12H6F3NO3. The minimum atomic E-state index is -1.69. The van der Waals surface area contributed by atoms with Crippen molar-refractivity contribution < 1.29 is 27.2 Å². The van der Waals surface area contributed by atoms with E-state index in [1.807, 2.05) is 5.32 Å². The summed E-state index contributed by atoms with van der Waals surface area (Å²) in [5, 5.41) is 2.00. The summed E-state index contributed by atoms with van der Waals surface area (Å²) in [7, 11) is 0. The maximum atomic E-state index is 13.3. The van der Waals surface area contributed by atoms with Gasteiger partial charge in [-0.2, -0.15) is 0 Å². The van der Waals surface area contributed by atoms with Crippen molar-refractivity contribution in [3.63, 3.8) is 0 Å². The maximum absolute atomic E-state index is 13.3. The highest BCUT2D eigenvalue weighted by Crippen LogP contribution is 2.20. The Labute approximate surface area is 104 Å². The molecule has 0 saturated heterocycles. The summed E-state index contributed by atoms with van der Waals surface area (Å²) in [5.41, 5.74) is -0.534. The molecule has 0 radical (unpaired) electrons. The van der Waals surface area contributed by atoms with E-state index in [4.69, 9.17) is 4.42 Å². The number of aldehydes is 1. The number of nitrogens with one attached hydrogen (secondary N) is 1. The first-order chi connectivity index (χ1) is 9.02. The average molecular weight is 269 g/mol. The van der Waals surface area contributed by atoms with Crippen molar-refractivity contribution in [3.8, 4) is 0 Å². The topological polar surface area (TPSA) is 59.3 Å². The normalized spacial score (nSPS) is 10.3. The van der Waals surface area contributed by atoms with Gasteiger partial charge in [0.05, 0.1) is 5.69 Å². The molecule has 1 amide bonds. The zero-order valence-corrected chi connectivity index (χ0v) is 9.25. The molecule has 0 saturated carbocycles. The summed E-state index contributed by atoms with van der Waals surface area (Å²) < 4.78 is 43.7.